The quantitative estimate of drug-likeness (QED) is 0.755. The Bertz CT molecular complexity index is 450. The first-order chi connectivity index (χ1) is 8.75. The van der Waals surface area contributed by atoms with Crippen LogP contribution in [0, 0.1) is 0 Å². The largest absolute Gasteiger partial charge is 0.372 e. The van der Waals surface area contributed by atoms with Gasteiger partial charge in [0.15, 0.2) is 5.54 Å². The molecule has 0 bridgehead atoms. The highest BCUT2D eigenvalue weighted by atomic mass is 19.3. The molecule has 1 nitrogen and oxygen atoms in total. The summed E-state index contributed by atoms with van der Waals surface area (Å²) >= 11 is 0. The van der Waals surface area contributed by atoms with Gasteiger partial charge in [0.25, 0.3) is 5.92 Å². The zero-order chi connectivity index (χ0) is 14.3. The molecule has 0 amide bonds. The van der Waals surface area contributed by atoms with Crippen molar-refractivity contribution in [3.8, 4) is 0 Å². The molecule has 0 spiro atoms. The van der Waals surface area contributed by atoms with Crippen molar-refractivity contribution < 1.29 is 17.6 Å². The highest BCUT2D eigenvalue weighted by Crippen LogP contribution is 2.49. The SMILES string of the molecule is C=C1CCC(F)(F)[C@@](CF)(C2=CC=CCC2(C)F)N1. The average molecular weight is 275 g/mol. The highest BCUT2D eigenvalue weighted by molar-refractivity contribution is 5.41. The van der Waals surface area contributed by atoms with Crippen molar-refractivity contribution in [2.75, 3.05) is 6.67 Å². The van der Waals surface area contributed by atoms with Crippen LogP contribution in [0.2, 0.25) is 0 Å². The number of hydrogen-bond acceptors (Lipinski definition) is 1. The summed E-state index contributed by atoms with van der Waals surface area (Å²) < 4.78 is 56.5. The number of allylic oxidation sites excluding steroid dienone is 4. The summed E-state index contributed by atoms with van der Waals surface area (Å²) in [5.41, 5.74) is -4.24. The summed E-state index contributed by atoms with van der Waals surface area (Å²) in [6, 6.07) is 0. The van der Waals surface area contributed by atoms with Crippen molar-refractivity contribution in [3.63, 3.8) is 0 Å². The van der Waals surface area contributed by atoms with Crippen LogP contribution in [0.25, 0.3) is 0 Å². The van der Waals surface area contributed by atoms with E-state index >= 15 is 0 Å². The van der Waals surface area contributed by atoms with Crippen molar-refractivity contribution in [1.29, 1.82) is 0 Å². The molecule has 2 aliphatic rings. The van der Waals surface area contributed by atoms with Gasteiger partial charge in [0.1, 0.15) is 12.3 Å². The van der Waals surface area contributed by atoms with Crippen LogP contribution in [0.1, 0.15) is 26.2 Å². The van der Waals surface area contributed by atoms with E-state index in [-0.39, 0.29) is 18.4 Å². The maximum absolute atomic E-state index is 14.5. The minimum atomic E-state index is -3.35. The average Bonchev–Trinajstić information content (AvgIpc) is 2.32. The molecule has 1 fully saturated rings. The van der Waals surface area contributed by atoms with Crippen molar-refractivity contribution >= 4 is 0 Å². The summed E-state index contributed by atoms with van der Waals surface area (Å²) in [7, 11) is 0. The Labute approximate surface area is 110 Å². The Morgan fingerprint density at radius 3 is 2.63 bits per heavy atom. The van der Waals surface area contributed by atoms with Crippen LogP contribution in [0.5, 0.6) is 0 Å². The van der Waals surface area contributed by atoms with Crippen molar-refractivity contribution in [3.05, 3.63) is 36.1 Å². The van der Waals surface area contributed by atoms with Crippen LogP contribution >= 0.6 is 0 Å². The summed E-state index contributed by atoms with van der Waals surface area (Å²) in [5, 5.41) is 2.43. The smallest absolute Gasteiger partial charge is 0.277 e. The molecule has 1 unspecified atom stereocenters. The van der Waals surface area contributed by atoms with E-state index in [0.717, 1.165) is 0 Å². The zero-order valence-corrected chi connectivity index (χ0v) is 10.8. The minimum Gasteiger partial charge on any atom is -0.372 e. The Morgan fingerprint density at radius 2 is 2.05 bits per heavy atom. The molecule has 1 aliphatic carbocycles. The maximum Gasteiger partial charge on any atom is 0.277 e. The lowest BCUT2D eigenvalue weighted by molar-refractivity contribution is -0.105. The molecule has 0 saturated carbocycles. The van der Waals surface area contributed by atoms with Crippen molar-refractivity contribution in [1.82, 2.24) is 5.32 Å². The minimum absolute atomic E-state index is 0.0369. The number of piperidine rings is 1. The molecule has 1 N–H and O–H groups in total. The molecule has 0 aromatic rings. The van der Waals surface area contributed by atoms with E-state index in [1.165, 1.54) is 19.1 Å². The van der Waals surface area contributed by atoms with E-state index in [0.29, 0.717) is 5.70 Å². The fourth-order valence-electron chi connectivity index (χ4n) is 2.77. The van der Waals surface area contributed by atoms with Gasteiger partial charge in [-0.1, -0.05) is 24.8 Å². The molecule has 5 heteroatoms. The van der Waals surface area contributed by atoms with E-state index in [9.17, 15) is 17.6 Å². The van der Waals surface area contributed by atoms with Gasteiger partial charge >= 0.3 is 0 Å². The van der Waals surface area contributed by atoms with Crippen LogP contribution in [-0.4, -0.2) is 23.8 Å². The maximum atomic E-state index is 14.5. The normalized spacial score (nSPS) is 37.7. The topological polar surface area (TPSA) is 12.0 Å². The van der Waals surface area contributed by atoms with Crippen LogP contribution in [-0.2, 0) is 0 Å². The van der Waals surface area contributed by atoms with Crippen LogP contribution in [0.3, 0.4) is 0 Å². The van der Waals surface area contributed by atoms with Gasteiger partial charge in [-0.3, -0.25) is 0 Å². The second kappa shape index (κ2) is 4.39. The third kappa shape index (κ3) is 2.09. The van der Waals surface area contributed by atoms with Gasteiger partial charge in [-0.05, 0) is 13.3 Å². The fourth-order valence-corrected chi connectivity index (χ4v) is 2.77. The van der Waals surface area contributed by atoms with Crippen LogP contribution < -0.4 is 5.32 Å². The number of rotatable bonds is 2. The lowest BCUT2D eigenvalue weighted by Crippen LogP contribution is -2.66. The fraction of sp³-hybridized carbons (Fsp3) is 0.571. The van der Waals surface area contributed by atoms with Gasteiger partial charge in [0, 0.05) is 24.1 Å². The first-order valence-electron chi connectivity index (χ1n) is 6.22. The van der Waals surface area contributed by atoms with E-state index in [1.807, 2.05) is 0 Å². The molecule has 0 radical (unpaired) electrons. The molecule has 106 valence electrons. The van der Waals surface area contributed by atoms with Gasteiger partial charge in [0.2, 0.25) is 0 Å². The molecule has 0 aromatic carbocycles. The molecule has 1 aliphatic heterocycles. The number of alkyl halides is 4. The summed E-state index contributed by atoms with van der Waals surface area (Å²) in [5.74, 6) is -3.35. The van der Waals surface area contributed by atoms with Crippen molar-refractivity contribution in [2.24, 2.45) is 0 Å². The molecule has 1 saturated heterocycles. The van der Waals surface area contributed by atoms with E-state index in [2.05, 4.69) is 11.9 Å². The third-order valence-corrected chi connectivity index (χ3v) is 3.88. The summed E-state index contributed by atoms with van der Waals surface area (Å²) in [4.78, 5) is 0. The molecule has 2 rings (SSSR count). The predicted octanol–water partition coefficient (Wildman–Crippen LogP) is 3.84. The monoisotopic (exact) mass is 275 g/mol. The lowest BCUT2D eigenvalue weighted by atomic mass is 9.71. The van der Waals surface area contributed by atoms with Crippen LogP contribution in [0.4, 0.5) is 17.6 Å². The van der Waals surface area contributed by atoms with Crippen LogP contribution in [0.15, 0.2) is 36.1 Å². The number of hydrogen-bond donors (Lipinski definition) is 1. The van der Waals surface area contributed by atoms with Gasteiger partial charge < -0.3 is 5.32 Å². The van der Waals surface area contributed by atoms with E-state index in [4.69, 9.17) is 0 Å². The molecular formula is C14H17F4N. The summed E-state index contributed by atoms with van der Waals surface area (Å²) in [6.45, 7) is 3.41. The first-order valence-corrected chi connectivity index (χ1v) is 6.22. The van der Waals surface area contributed by atoms with Gasteiger partial charge in [-0.2, -0.15) is 0 Å². The molecular weight excluding hydrogens is 258 g/mol. The Morgan fingerprint density at radius 1 is 1.37 bits per heavy atom. The predicted molar refractivity (Wildman–Crippen MR) is 66.5 cm³/mol. The number of nitrogens with one attached hydrogen (secondary N) is 1. The molecule has 1 heterocycles. The highest BCUT2D eigenvalue weighted by Gasteiger charge is 2.61. The second-order valence-corrected chi connectivity index (χ2v) is 5.38. The second-order valence-electron chi connectivity index (χ2n) is 5.38. The zero-order valence-electron chi connectivity index (χ0n) is 10.8. The van der Waals surface area contributed by atoms with Gasteiger partial charge in [0.05, 0.1) is 0 Å². The number of halogens is 4. The van der Waals surface area contributed by atoms with Gasteiger partial charge in [-0.15, -0.1) is 0 Å². The Balaban J connectivity index is 2.54. The molecule has 2 atom stereocenters. The van der Waals surface area contributed by atoms with Crippen molar-refractivity contribution in [2.45, 2.75) is 43.3 Å². The first kappa shape index (κ1) is 14.2. The van der Waals surface area contributed by atoms with E-state index < -0.39 is 30.2 Å². The molecule has 0 aromatic heterocycles. The lowest BCUT2D eigenvalue weighted by Gasteiger charge is -2.48. The Kier molecular flexibility index (Phi) is 3.27. The third-order valence-electron chi connectivity index (χ3n) is 3.88. The standard InChI is InChI=1S/C14H17F4N/c1-10-6-8-14(17,18)13(9-15,19-10)11-5-3-4-7-12(11,2)16/h3-5,19H,1,6-9H2,2H3/t12?,13-/m1/s1. The molecule has 19 heavy (non-hydrogen) atoms. The van der Waals surface area contributed by atoms with Gasteiger partial charge in [-0.25, -0.2) is 17.6 Å². The Hall–Kier alpha value is -1.26. The summed E-state index contributed by atoms with van der Waals surface area (Å²) in [6.07, 6.45) is 3.78. The van der Waals surface area contributed by atoms with E-state index in [1.54, 1.807) is 6.08 Å².